The zero-order valence-corrected chi connectivity index (χ0v) is 11.8. The summed E-state index contributed by atoms with van der Waals surface area (Å²) in [6.07, 6.45) is 3.60. The Kier molecular flexibility index (Phi) is 3.25. The Balaban J connectivity index is 2.06. The number of ether oxygens (including phenoxy) is 1. The van der Waals surface area contributed by atoms with Crippen molar-refractivity contribution < 1.29 is 9.13 Å². The third-order valence-electron chi connectivity index (χ3n) is 3.44. The Morgan fingerprint density at radius 3 is 2.90 bits per heavy atom. The number of hydrogen-bond acceptors (Lipinski definition) is 4. The van der Waals surface area contributed by atoms with Gasteiger partial charge in [-0.1, -0.05) is 0 Å². The van der Waals surface area contributed by atoms with E-state index >= 15 is 0 Å². The number of hydrogen-bond donors (Lipinski definition) is 1. The van der Waals surface area contributed by atoms with Crippen molar-refractivity contribution in [2.24, 2.45) is 0 Å². The van der Waals surface area contributed by atoms with Crippen LogP contribution in [0.5, 0.6) is 5.75 Å². The second-order valence-electron chi connectivity index (χ2n) is 4.89. The highest BCUT2D eigenvalue weighted by Gasteiger charge is 2.17. The SMILES string of the molecule is COc1cc2c(cc1F)nc(N)n2C(C)Cn1cccn1. The van der Waals surface area contributed by atoms with E-state index in [1.807, 2.05) is 28.4 Å². The van der Waals surface area contributed by atoms with Crippen LogP contribution in [0.15, 0.2) is 30.6 Å². The van der Waals surface area contributed by atoms with E-state index in [1.54, 1.807) is 12.3 Å². The van der Waals surface area contributed by atoms with Crippen LogP contribution in [0.25, 0.3) is 11.0 Å². The van der Waals surface area contributed by atoms with Crippen LogP contribution in [0.4, 0.5) is 10.3 Å². The Labute approximate surface area is 120 Å². The van der Waals surface area contributed by atoms with Crippen LogP contribution >= 0.6 is 0 Å². The molecule has 0 amide bonds. The topological polar surface area (TPSA) is 70.9 Å². The van der Waals surface area contributed by atoms with Crippen molar-refractivity contribution in [3.8, 4) is 5.75 Å². The van der Waals surface area contributed by atoms with Gasteiger partial charge in [-0.25, -0.2) is 9.37 Å². The molecular weight excluding hydrogens is 273 g/mol. The normalized spacial score (nSPS) is 12.7. The predicted molar refractivity (Wildman–Crippen MR) is 77.6 cm³/mol. The monoisotopic (exact) mass is 289 g/mol. The van der Waals surface area contributed by atoms with Gasteiger partial charge in [-0.2, -0.15) is 5.10 Å². The molecule has 6 nitrogen and oxygen atoms in total. The lowest BCUT2D eigenvalue weighted by Gasteiger charge is -2.16. The number of aromatic nitrogens is 4. The Morgan fingerprint density at radius 2 is 2.24 bits per heavy atom. The highest BCUT2D eigenvalue weighted by atomic mass is 19.1. The van der Waals surface area contributed by atoms with Gasteiger partial charge in [0.1, 0.15) is 0 Å². The Bertz CT molecular complexity index is 765. The number of methoxy groups -OCH3 is 1. The summed E-state index contributed by atoms with van der Waals surface area (Å²) in [5.74, 6) is 0.0710. The molecule has 0 bridgehead atoms. The highest BCUT2D eigenvalue weighted by Crippen LogP contribution is 2.29. The van der Waals surface area contributed by atoms with Crippen molar-refractivity contribution in [3.05, 3.63) is 36.4 Å². The first kappa shape index (κ1) is 13.4. The van der Waals surface area contributed by atoms with Gasteiger partial charge in [0.15, 0.2) is 11.6 Å². The molecular formula is C14H16FN5O. The molecule has 0 aliphatic rings. The summed E-state index contributed by atoms with van der Waals surface area (Å²) >= 11 is 0. The van der Waals surface area contributed by atoms with Crippen molar-refractivity contribution in [2.45, 2.75) is 19.5 Å². The summed E-state index contributed by atoms with van der Waals surface area (Å²) in [7, 11) is 1.43. The molecule has 0 fully saturated rings. The third-order valence-corrected chi connectivity index (χ3v) is 3.44. The summed E-state index contributed by atoms with van der Waals surface area (Å²) in [6, 6.07) is 4.83. The molecule has 110 valence electrons. The predicted octanol–water partition coefficient (Wildman–Crippen LogP) is 2.22. The van der Waals surface area contributed by atoms with Crippen LogP contribution in [0.3, 0.4) is 0 Å². The molecule has 0 aliphatic carbocycles. The summed E-state index contributed by atoms with van der Waals surface area (Å²) in [6.45, 7) is 2.65. The lowest BCUT2D eigenvalue weighted by atomic mass is 10.2. The molecule has 1 unspecified atom stereocenters. The van der Waals surface area contributed by atoms with Gasteiger partial charge in [-0.15, -0.1) is 0 Å². The fraction of sp³-hybridized carbons (Fsp3) is 0.286. The van der Waals surface area contributed by atoms with E-state index in [4.69, 9.17) is 10.5 Å². The van der Waals surface area contributed by atoms with Crippen LogP contribution in [-0.2, 0) is 6.54 Å². The van der Waals surface area contributed by atoms with Gasteiger partial charge in [-0.3, -0.25) is 4.68 Å². The number of rotatable bonds is 4. The molecule has 2 heterocycles. The summed E-state index contributed by atoms with van der Waals surface area (Å²) in [5.41, 5.74) is 7.24. The van der Waals surface area contributed by atoms with E-state index in [9.17, 15) is 4.39 Å². The van der Waals surface area contributed by atoms with E-state index in [-0.39, 0.29) is 11.8 Å². The zero-order valence-electron chi connectivity index (χ0n) is 11.8. The lowest BCUT2D eigenvalue weighted by molar-refractivity contribution is 0.387. The van der Waals surface area contributed by atoms with Crippen LogP contribution in [-0.4, -0.2) is 26.4 Å². The standard InChI is InChI=1S/C14H16FN5O/c1-9(8-19-5-3-4-17-19)20-12-7-13(21-2)10(15)6-11(12)18-14(20)16/h3-7,9H,8H2,1-2H3,(H2,16,18). The number of imidazole rings is 1. The number of nitrogen functional groups attached to an aromatic ring is 1. The maximum absolute atomic E-state index is 13.7. The molecule has 2 N–H and O–H groups in total. The zero-order chi connectivity index (χ0) is 15.0. The maximum atomic E-state index is 13.7. The van der Waals surface area contributed by atoms with Gasteiger partial charge in [0.2, 0.25) is 5.95 Å². The fourth-order valence-corrected chi connectivity index (χ4v) is 2.50. The molecule has 2 aromatic heterocycles. The minimum atomic E-state index is -0.450. The minimum Gasteiger partial charge on any atom is -0.494 e. The smallest absolute Gasteiger partial charge is 0.201 e. The van der Waals surface area contributed by atoms with E-state index in [1.165, 1.54) is 13.2 Å². The van der Waals surface area contributed by atoms with Gasteiger partial charge in [0.25, 0.3) is 0 Å². The minimum absolute atomic E-state index is 0.0186. The average molecular weight is 289 g/mol. The molecule has 0 aliphatic heterocycles. The number of nitrogens with zero attached hydrogens (tertiary/aromatic N) is 4. The fourth-order valence-electron chi connectivity index (χ4n) is 2.50. The van der Waals surface area contributed by atoms with Gasteiger partial charge in [0, 0.05) is 24.5 Å². The van der Waals surface area contributed by atoms with Gasteiger partial charge < -0.3 is 15.0 Å². The van der Waals surface area contributed by atoms with Crippen LogP contribution < -0.4 is 10.5 Å². The summed E-state index contributed by atoms with van der Waals surface area (Å²) in [4.78, 5) is 4.22. The highest BCUT2D eigenvalue weighted by molar-refractivity contribution is 5.80. The van der Waals surface area contributed by atoms with Crippen molar-refractivity contribution in [3.63, 3.8) is 0 Å². The van der Waals surface area contributed by atoms with Crippen LogP contribution in [0, 0.1) is 5.82 Å². The molecule has 0 saturated heterocycles. The van der Waals surface area contributed by atoms with Crippen molar-refractivity contribution in [1.29, 1.82) is 0 Å². The number of benzene rings is 1. The van der Waals surface area contributed by atoms with Crippen LogP contribution in [0.2, 0.25) is 0 Å². The molecule has 0 radical (unpaired) electrons. The largest absolute Gasteiger partial charge is 0.494 e. The first-order chi connectivity index (χ1) is 10.1. The van der Waals surface area contributed by atoms with Crippen molar-refractivity contribution in [1.82, 2.24) is 19.3 Å². The maximum Gasteiger partial charge on any atom is 0.201 e. The number of anilines is 1. The molecule has 7 heteroatoms. The first-order valence-corrected chi connectivity index (χ1v) is 6.58. The van der Waals surface area contributed by atoms with Gasteiger partial charge >= 0.3 is 0 Å². The Morgan fingerprint density at radius 1 is 1.43 bits per heavy atom. The number of nitrogens with two attached hydrogens (primary N) is 1. The second kappa shape index (κ2) is 5.08. The van der Waals surface area contributed by atoms with E-state index < -0.39 is 5.82 Å². The lowest BCUT2D eigenvalue weighted by Crippen LogP contribution is -2.15. The van der Waals surface area contributed by atoms with E-state index in [0.717, 1.165) is 5.52 Å². The third kappa shape index (κ3) is 2.31. The number of fused-ring (bicyclic) bond motifs is 1. The average Bonchev–Trinajstić information content (AvgIpc) is 3.04. The second-order valence-corrected chi connectivity index (χ2v) is 4.89. The van der Waals surface area contributed by atoms with E-state index in [2.05, 4.69) is 10.1 Å². The van der Waals surface area contributed by atoms with E-state index in [0.29, 0.717) is 18.0 Å². The molecule has 1 aromatic carbocycles. The molecule has 3 rings (SSSR count). The summed E-state index contributed by atoms with van der Waals surface area (Å²) < 4.78 is 22.4. The quantitative estimate of drug-likeness (QED) is 0.799. The van der Waals surface area contributed by atoms with Gasteiger partial charge in [0.05, 0.1) is 30.7 Å². The van der Waals surface area contributed by atoms with Crippen molar-refractivity contribution in [2.75, 3.05) is 12.8 Å². The summed E-state index contributed by atoms with van der Waals surface area (Å²) in [5, 5.41) is 4.18. The molecule has 3 aromatic rings. The van der Waals surface area contributed by atoms with Gasteiger partial charge in [-0.05, 0) is 13.0 Å². The molecule has 0 spiro atoms. The first-order valence-electron chi connectivity index (χ1n) is 6.58. The number of halogens is 1. The molecule has 1 atom stereocenters. The Hall–Kier alpha value is -2.57. The van der Waals surface area contributed by atoms with Crippen LogP contribution in [0.1, 0.15) is 13.0 Å². The van der Waals surface area contributed by atoms with Crippen molar-refractivity contribution >= 4 is 17.0 Å². The molecule has 0 saturated carbocycles. The molecule has 21 heavy (non-hydrogen) atoms.